The Hall–Kier alpha value is -4.62. The standard InChI is InChI=1S/C42H38N2P2.2C2H4N.Fe/c1-7-19-35(20-8-1)41(43-31-33-45(37-23-11-3-12-24-37)38-25-13-4-14-26-38)42(36-21-9-2-10-22-36)44-32-34-46(39-27-15-5-16-28-39)40-29-17-6-18-30-40;2*1-2-3;/h1-32,41-42H,33-34H2;2*2H,1H3;/q;2*-1;+2/p+2/t41-,42-;;;/m0.../s1. The third-order valence-electron chi connectivity index (χ3n) is 8.19. The van der Waals surface area contributed by atoms with E-state index < -0.39 is 15.8 Å². The minimum Gasteiger partial charge on any atom is -0.814 e. The van der Waals surface area contributed by atoms with Gasteiger partial charge in [0, 0.05) is 12.4 Å². The van der Waals surface area contributed by atoms with E-state index >= 15 is 0 Å². The van der Waals surface area contributed by atoms with Crippen LogP contribution in [-0.2, 0) is 17.1 Å². The van der Waals surface area contributed by atoms with Crippen LogP contribution in [0, 0.1) is 0 Å². The van der Waals surface area contributed by atoms with E-state index in [4.69, 9.17) is 20.8 Å². The molecule has 0 radical (unpaired) electrons. The number of hydrogen-bond acceptors (Lipinski definition) is 2. The molecule has 2 atom stereocenters. The van der Waals surface area contributed by atoms with Gasteiger partial charge in [-0.05, 0) is 59.7 Å². The van der Waals surface area contributed by atoms with Gasteiger partial charge in [0.1, 0.15) is 24.4 Å². The van der Waals surface area contributed by atoms with E-state index in [0.717, 1.165) is 24.8 Å². The van der Waals surface area contributed by atoms with Crippen LogP contribution in [0.5, 0.6) is 0 Å². The average molecular weight is 775 g/mol. The quantitative estimate of drug-likeness (QED) is 0.0638. The van der Waals surface area contributed by atoms with E-state index in [1.165, 1.54) is 32.3 Å². The Labute approximate surface area is 329 Å². The van der Waals surface area contributed by atoms with E-state index in [-0.39, 0.29) is 29.2 Å². The fraction of sp³-hybridized carbons (Fsp3) is 0.130. The van der Waals surface area contributed by atoms with Gasteiger partial charge in [0.25, 0.3) is 0 Å². The topological polar surface area (TPSA) is 69.3 Å². The van der Waals surface area contributed by atoms with Crippen molar-refractivity contribution in [1.82, 2.24) is 0 Å². The second-order valence-electron chi connectivity index (χ2n) is 11.7. The minimum absolute atomic E-state index is 0. The Kier molecular flexibility index (Phi) is 20.5. The molecule has 0 heterocycles. The molecule has 6 aromatic carbocycles. The second-order valence-corrected chi connectivity index (χ2v) is 16.8. The zero-order chi connectivity index (χ0) is 36.6. The van der Waals surface area contributed by atoms with Gasteiger partial charge in [-0.1, -0.05) is 147 Å². The van der Waals surface area contributed by atoms with Gasteiger partial charge < -0.3 is 10.8 Å². The van der Waals surface area contributed by atoms with Crippen molar-refractivity contribution < 1.29 is 17.1 Å². The Morgan fingerprint density at radius 2 is 0.623 bits per heavy atom. The van der Waals surface area contributed by atoms with Gasteiger partial charge in [-0.15, -0.1) is 0 Å². The van der Waals surface area contributed by atoms with Gasteiger partial charge in [0.15, 0.2) is 0 Å². The van der Waals surface area contributed by atoms with Crippen molar-refractivity contribution in [1.29, 1.82) is 0 Å². The monoisotopic (exact) mass is 774 g/mol. The molecule has 0 saturated carbocycles. The predicted octanol–water partition coefficient (Wildman–Crippen LogP) is 9.63. The first-order chi connectivity index (χ1) is 25.7. The minimum atomic E-state index is -1.04. The van der Waals surface area contributed by atoms with Crippen molar-refractivity contribution in [2.75, 3.05) is 12.3 Å². The van der Waals surface area contributed by atoms with E-state index in [1.54, 1.807) is 13.8 Å². The first-order valence-corrected chi connectivity index (χ1v) is 21.0. The number of aliphatic imine (C=N–C) groups is 2. The number of rotatable bonds is 13. The first kappa shape index (κ1) is 42.8. The zero-order valence-electron chi connectivity index (χ0n) is 30.3. The summed E-state index contributed by atoms with van der Waals surface area (Å²) in [6, 6.07) is 64.7. The molecule has 0 aliphatic carbocycles. The van der Waals surface area contributed by atoms with Crippen molar-refractivity contribution in [3.63, 3.8) is 0 Å². The van der Waals surface area contributed by atoms with Crippen molar-refractivity contribution in [3.8, 4) is 0 Å². The fourth-order valence-electron chi connectivity index (χ4n) is 5.88. The maximum atomic E-state index is 7.44. The normalized spacial score (nSPS) is 11.8. The summed E-state index contributed by atoms with van der Waals surface area (Å²) in [5.41, 5.74) is 2.35. The molecule has 268 valence electrons. The summed E-state index contributed by atoms with van der Waals surface area (Å²) in [5, 5.41) is 20.5. The molecule has 6 rings (SSSR count). The van der Waals surface area contributed by atoms with Crippen LogP contribution in [0.25, 0.3) is 10.8 Å². The Bertz CT molecular complexity index is 1670. The van der Waals surface area contributed by atoms with Crippen LogP contribution in [-0.4, -0.2) is 37.2 Å². The van der Waals surface area contributed by atoms with Crippen LogP contribution in [0.15, 0.2) is 192 Å². The summed E-state index contributed by atoms with van der Waals surface area (Å²) in [5.74, 6) is 0. The Balaban J connectivity index is 0.00000101. The largest absolute Gasteiger partial charge is 2.00 e. The first-order valence-electron chi connectivity index (χ1n) is 17.6. The summed E-state index contributed by atoms with van der Waals surface area (Å²) >= 11 is 0. The summed E-state index contributed by atoms with van der Waals surface area (Å²) in [4.78, 5) is 10.7. The SMILES string of the molecule is C(C[PH+](c1ccccc1)c1ccccc1)=N[C@@H](c1ccccc1)[C@@H](N=CC[PH+](c1ccccc1)c1ccccc1)c1ccccc1.CC=[N-].CC=[N-].[Fe+2]. The molecule has 0 bridgehead atoms. The molecule has 0 spiro atoms. The third kappa shape index (κ3) is 14.0. The summed E-state index contributed by atoms with van der Waals surface area (Å²) in [6.07, 6.45) is 8.17. The maximum absolute atomic E-state index is 7.44. The zero-order valence-corrected chi connectivity index (χ0v) is 33.4. The molecule has 7 heteroatoms. The molecule has 0 aliphatic heterocycles. The smallest absolute Gasteiger partial charge is 0.814 e. The van der Waals surface area contributed by atoms with Gasteiger partial charge in [-0.2, -0.15) is 0 Å². The van der Waals surface area contributed by atoms with Gasteiger partial charge in [0.2, 0.25) is 0 Å². The number of nitrogens with zero attached hydrogens (tertiary/aromatic N) is 4. The van der Waals surface area contributed by atoms with E-state index in [1.807, 2.05) is 0 Å². The molecular formula is C46H48FeN4P2+2. The summed E-state index contributed by atoms with van der Waals surface area (Å²) < 4.78 is 0. The number of hydrogen-bond donors (Lipinski definition) is 0. The van der Waals surface area contributed by atoms with Crippen LogP contribution >= 0.6 is 15.8 Å². The van der Waals surface area contributed by atoms with Gasteiger partial charge in [-0.25, -0.2) is 12.4 Å². The van der Waals surface area contributed by atoms with E-state index in [0.29, 0.717) is 0 Å². The Morgan fingerprint density at radius 1 is 0.415 bits per heavy atom. The van der Waals surface area contributed by atoms with Gasteiger partial charge >= 0.3 is 17.1 Å². The third-order valence-corrected chi connectivity index (χ3v) is 13.5. The van der Waals surface area contributed by atoms with E-state index in [9.17, 15) is 0 Å². The van der Waals surface area contributed by atoms with Crippen LogP contribution in [0.2, 0.25) is 0 Å². The Morgan fingerprint density at radius 3 is 0.849 bits per heavy atom. The van der Waals surface area contributed by atoms with Gasteiger partial charge in [0.05, 0.1) is 37.1 Å². The molecule has 0 aliphatic rings. The van der Waals surface area contributed by atoms with Crippen molar-refractivity contribution in [2.45, 2.75) is 25.9 Å². The number of benzene rings is 6. The van der Waals surface area contributed by atoms with Crippen LogP contribution in [0.3, 0.4) is 0 Å². The van der Waals surface area contributed by atoms with Crippen LogP contribution < -0.4 is 21.2 Å². The average Bonchev–Trinajstić information content (AvgIpc) is 3.21. The van der Waals surface area contributed by atoms with Crippen molar-refractivity contribution >= 4 is 61.9 Å². The molecular weight excluding hydrogens is 726 g/mol. The molecule has 4 nitrogen and oxygen atoms in total. The second kappa shape index (κ2) is 25.4. The van der Waals surface area contributed by atoms with Crippen LogP contribution in [0.4, 0.5) is 0 Å². The molecule has 0 aromatic heterocycles. The van der Waals surface area contributed by atoms with Crippen molar-refractivity contribution in [2.24, 2.45) is 9.98 Å². The molecule has 0 saturated heterocycles. The summed E-state index contributed by atoms with van der Waals surface area (Å²) in [7, 11) is -2.08. The fourth-order valence-corrected chi connectivity index (χ4v) is 10.4. The molecule has 0 amide bonds. The maximum Gasteiger partial charge on any atom is 2.00 e. The van der Waals surface area contributed by atoms with E-state index in [2.05, 4.69) is 194 Å². The molecule has 53 heavy (non-hydrogen) atoms. The van der Waals surface area contributed by atoms with Crippen molar-refractivity contribution in [3.05, 3.63) is 204 Å². The molecule has 0 N–H and O–H groups in total. The van der Waals surface area contributed by atoms with Crippen LogP contribution in [0.1, 0.15) is 37.1 Å². The molecule has 0 unspecified atom stereocenters. The molecule has 6 aromatic rings. The summed E-state index contributed by atoms with van der Waals surface area (Å²) in [6.45, 7) is 3.11. The predicted molar refractivity (Wildman–Crippen MR) is 236 cm³/mol. The molecule has 0 fully saturated rings. The van der Waals surface area contributed by atoms with Gasteiger partial charge in [-0.3, -0.25) is 9.98 Å².